The van der Waals surface area contributed by atoms with Crippen molar-refractivity contribution in [3.8, 4) is 11.6 Å². The summed E-state index contributed by atoms with van der Waals surface area (Å²) in [5.74, 6) is 1.24. The van der Waals surface area contributed by atoms with Crippen molar-refractivity contribution in [3.05, 3.63) is 66.6 Å². The van der Waals surface area contributed by atoms with Crippen LogP contribution >= 0.6 is 0 Å². The summed E-state index contributed by atoms with van der Waals surface area (Å²) in [5, 5.41) is 7.03. The SMILES string of the molecule is COc1ccc(CC(=O)Nc2cccnc2-n2cccn2)cc1. The molecule has 0 atom stereocenters. The number of carbonyl (C=O) groups is 1. The third kappa shape index (κ3) is 3.55. The fourth-order valence-corrected chi connectivity index (χ4v) is 2.19. The van der Waals surface area contributed by atoms with Crippen molar-refractivity contribution in [3.63, 3.8) is 0 Å². The number of rotatable bonds is 5. The van der Waals surface area contributed by atoms with E-state index in [-0.39, 0.29) is 12.3 Å². The summed E-state index contributed by atoms with van der Waals surface area (Å²) >= 11 is 0. The first-order chi connectivity index (χ1) is 11.3. The molecule has 6 nitrogen and oxygen atoms in total. The third-order valence-corrected chi connectivity index (χ3v) is 3.31. The Morgan fingerprint density at radius 2 is 2.00 bits per heavy atom. The first-order valence-corrected chi connectivity index (χ1v) is 7.14. The number of amides is 1. The molecule has 0 aliphatic carbocycles. The molecule has 0 aliphatic rings. The molecular weight excluding hydrogens is 292 g/mol. The zero-order chi connectivity index (χ0) is 16.1. The average molecular weight is 308 g/mol. The van der Waals surface area contributed by atoms with Gasteiger partial charge < -0.3 is 10.1 Å². The molecule has 1 amide bonds. The summed E-state index contributed by atoms with van der Waals surface area (Å²) in [5.41, 5.74) is 1.53. The van der Waals surface area contributed by atoms with Crippen LogP contribution in [0.1, 0.15) is 5.56 Å². The van der Waals surface area contributed by atoms with Gasteiger partial charge in [-0.1, -0.05) is 12.1 Å². The van der Waals surface area contributed by atoms with Crippen molar-refractivity contribution in [2.45, 2.75) is 6.42 Å². The van der Waals surface area contributed by atoms with Crippen LogP contribution in [-0.2, 0) is 11.2 Å². The van der Waals surface area contributed by atoms with Crippen LogP contribution in [0.3, 0.4) is 0 Å². The van der Waals surface area contributed by atoms with Crippen LogP contribution in [0.15, 0.2) is 61.1 Å². The maximum Gasteiger partial charge on any atom is 0.228 e. The highest BCUT2D eigenvalue weighted by atomic mass is 16.5. The summed E-state index contributed by atoms with van der Waals surface area (Å²) in [4.78, 5) is 16.5. The number of aromatic nitrogens is 3. The molecule has 23 heavy (non-hydrogen) atoms. The quantitative estimate of drug-likeness (QED) is 0.786. The van der Waals surface area contributed by atoms with Gasteiger partial charge in [0.25, 0.3) is 0 Å². The second kappa shape index (κ2) is 6.74. The minimum Gasteiger partial charge on any atom is -0.497 e. The van der Waals surface area contributed by atoms with Crippen molar-refractivity contribution in [1.29, 1.82) is 0 Å². The Kier molecular flexibility index (Phi) is 4.33. The average Bonchev–Trinajstić information content (AvgIpc) is 3.10. The van der Waals surface area contributed by atoms with Crippen molar-refractivity contribution in [2.75, 3.05) is 12.4 Å². The van der Waals surface area contributed by atoms with Crippen LogP contribution in [0.5, 0.6) is 5.75 Å². The second-order valence-electron chi connectivity index (χ2n) is 4.90. The van der Waals surface area contributed by atoms with Gasteiger partial charge in [-0.05, 0) is 35.9 Å². The Morgan fingerprint density at radius 1 is 1.17 bits per heavy atom. The number of benzene rings is 1. The van der Waals surface area contributed by atoms with E-state index in [2.05, 4.69) is 15.4 Å². The van der Waals surface area contributed by atoms with Crippen LogP contribution in [-0.4, -0.2) is 27.8 Å². The molecule has 2 aromatic heterocycles. The van der Waals surface area contributed by atoms with Gasteiger partial charge in [0.15, 0.2) is 5.82 Å². The Balaban J connectivity index is 1.73. The van der Waals surface area contributed by atoms with E-state index in [0.29, 0.717) is 11.5 Å². The third-order valence-electron chi connectivity index (χ3n) is 3.31. The van der Waals surface area contributed by atoms with Gasteiger partial charge >= 0.3 is 0 Å². The highest BCUT2D eigenvalue weighted by Gasteiger charge is 2.10. The van der Waals surface area contributed by atoms with Crippen molar-refractivity contribution >= 4 is 11.6 Å². The van der Waals surface area contributed by atoms with E-state index < -0.39 is 0 Å². The fraction of sp³-hybridized carbons (Fsp3) is 0.118. The van der Waals surface area contributed by atoms with Crippen molar-refractivity contribution in [1.82, 2.24) is 14.8 Å². The summed E-state index contributed by atoms with van der Waals surface area (Å²) in [7, 11) is 1.61. The van der Waals surface area contributed by atoms with E-state index in [4.69, 9.17) is 4.74 Å². The van der Waals surface area contributed by atoms with Gasteiger partial charge in [0.05, 0.1) is 19.2 Å². The largest absolute Gasteiger partial charge is 0.497 e. The number of hydrogen-bond donors (Lipinski definition) is 1. The molecule has 2 heterocycles. The topological polar surface area (TPSA) is 69.0 Å². The highest BCUT2D eigenvalue weighted by Crippen LogP contribution is 2.17. The van der Waals surface area contributed by atoms with Crippen LogP contribution in [0.25, 0.3) is 5.82 Å². The molecule has 6 heteroatoms. The van der Waals surface area contributed by atoms with Crippen molar-refractivity contribution < 1.29 is 9.53 Å². The van der Waals surface area contributed by atoms with E-state index in [1.165, 1.54) is 0 Å². The molecule has 3 aromatic rings. The molecule has 3 rings (SSSR count). The molecule has 1 aromatic carbocycles. The summed E-state index contributed by atoms with van der Waals surface area (Å²) in [6.07, 6.45) is 5.38. The molecule has 0 radical (unpaired) electrons. The Labute approximate surface area is 133 Å². The molecule has 116 valence electrons. The minimum absolute atomic E-state index is 0.114. The number of carbonyl (C=O) groups excluding carboxylic acids is 1. The smallest absolute Gasteiger partial charge is 0.228 e. The lowest BCUT2D eigenvalue weighted by Crippen LogP contribution is -2.16. The first-order valence-electron chi connectivity index (χ1n) is 7.14. The number of nitrogens with zero attached hydrogens (tertiary/aromatic N) is 3. The van der Waals surface area contributed by atoms with Gasteiger partial charge in [-0.15, -0.1) is 0 Å². The monoisotopic (exact) mass is 308 g/mol. The summed E-state index contributed by atoms with van der Waals surface area (Å²) < 4.78 is 6.72. The molecule has 0 saturated heterocycles. The maximum absolute atomic E-state index is 12.3. The number of ether oxygens (including phenoxy) is 1. The van der Waals surface area contributed by atoms with E-state index >= 15 is 0 Å². The number of hydrogen-bond acceptors (Lipinski definition) is 4. The minimum atomic E-state index is -0.114. The van der Waals surface area contributed by atoms with E-state index in [0.717, 1.165) is 11.3 Å². The summed E-state index contributed by atoms with van der Waals surface area (Å²) in [6, 6.07) is 12.8. The molecule has 0 fully saturated rings. The zero-order valence-electron chi connectivity index (χ0n) is 12.6. The first kappa shape index (κ1) is 14.8. The Morgan fingerprint density at radius 3 is 2.70 bits per heavy atom. The maximum atomic E-state index is 12.3. The molecule has 1 N–H and O–H groups in total. The standard InChI is InChI=1S/C17H16N4O2/c1-23-14-7-5-13(6-8-14)12-16(22)20-15-4-2-9-18-17(15)21-11-3-10-19-21/h2-11H,12H2,1H3,(H,20,22). The predicted molar refractivity (Wildman–Crippen MR) is 86.7 cm³/mol. The molecule has 0 saturated carbocycles. The number of methoxy groups -OCH3 is 1. The zero-order valence-corrected chi connectivity index (χ0v) is 12.6. The Hall–Kier alpha value is -3.15. The van der Waals surface area contributed by atoms with Gasteiger partial charge in [-0.25, -0.2) is 9.67 Å². The lowest BCUT2D eigenvalue weighted by molar-refractivity contribution is -0.115. The molecule has 0 bridgehead atoms. The van der Waals surface area contributed by atoms with Gasteiger partial charge in [-0.2, -0.15) is 5.10 Å². The fourth-order valence-electron chi connectivity index (χ4n) is 2.19. The van der Waals surface area contributed by atoms with Gasteiger partial charge in [-0.3, -0.25) is 4.79 Å². The number of anilines is 1. The molecule has 0 aliphatic heterocycles. The number of pyridine rings is 1. The highest BCUT2D eigenvalue weighted by molar-refractivity contribution is 5.93. The van der Waals surface area contributed by atoms with Crippen LogP contribution in [0.4, 0.5) is 5.69 Å². The normalized spacial score (nSPS) is 10.3. The summed E-state index contributed by atoms with van der Waals surface area (Å²) in [6.45, 7) is 0. The van der Waals surface area contributed by atoms with Gasteiger partial charge in [0.1, 0.15) is 5.75 Å². The number of nitrogens with one attached hydrogen (secondary N) is 1. The van der Waals surface area contributed by atoms with E-state index in [9.17, 15) is 4.79 Å². The van der Waals surface area contributed by atoms with Gasteiger partial charge in [0.2, 0.25) is 5.91 Å². The van der Waals surface area contributed by atoms with Crippen molar-refractivity contribution in [2.24, 2.45) is 0 Å². The Bertz CT molecular complexity index is 783. The van der Waals surface area contributed by atoms with Gasteiger partial charge in [0, 0.05) is 18.6 Å². The van der Waals surface area contributed by atoms with Crippen LogP contribution in [0.2, 0.25) is 0 Å². The van der Waals surface area contributed by atoms with Crippen LogP contribution < -0.4 is 10.1 Å². The van der Waals surface area contributed by atoms with E-state index in [1.807, 2.05) is 24.3 Å². The lowest BCUT2D eigenvalue weighted by atomic mass is 10.1. The molecule has 0 unspecified atom stereocenters. The molecule has 0 spiro atoms. The lowest BCUT2D eigenvalue weighted by Gasteiger charge is -2.10. The second-order valence-corrected chi connectivity index (χ2v) is 4.90. The predicted octanol–water partition coefficient (Wildman–Crippen LogP) is 2.46. The molecular formula is C17H16N4O2. The van der Waals surface area contributed by atoms with Crippen LogP contribution in [0, 0.1) is 0 Å². The van der Waals surface area contributed by atoms with E-state index in [1.54, 1.807) is 48.6 Å².